The summed E-state index contributed by atoms with van der Waals surface area (Å²) in [6.07, 6.45) is 3.89. The highest BCUT2D eigenvalue weighted by molar-refractivity contribution is 5.81. The van der Waals surface area contributed by atoms with Crippen LogP contribution in [-0.4, -0.2) is 20.5 Å². The van der Waals surface area contributed by atoms with Crippen LogP contribution in [0.25, 0.3) is 22.2 Å². The molecule has 0 amide bonds. The van der Waals surface area contributed by atoms with Crippen molar-refractivity contribution in [1.82, 2.24) is 14.8 Å². The monoisotopic (exact) mass is 297 g/mol. The van der Waals surface area contributed by atoms with Gasteiger partial charge in [-0.05, 0) is 43.2 Å². The highest BCUT2D eigenvalue weighted by atomic mass is 19.1. The van der Waals surface area contributed by atoms with E-state index in [0.29, 0.717) is 18.5 Å². The van der Waals surface area contributed by atoms with Gasteiger partial charge in [-0.15, -0.1) is 0 Å². The second kappa shape index (κ2) is 5.67. The van der Waals surface area contributed by atoms with Crippen LogP contribution in [0.3, 0.4) is 0 Å². The third kappa shape index (κ3) is 2.74. The number of aryl methyl sites for hydroxylation is 2. The second-order valence-corrected chi connectivity index (χ2v) is 5.41. The Balaban J connectivity index is 2.02. The summed E-state index contributed by atoms with van der Waals surface area (Å²) in [5.74, 6) is -0.0915. The highest BCUT2D eigenvalue weighted by Gasteiger charge is 2.08. The molecule has 112 valence electrons. The Morgan fingerprint density at radius 1 is 1.23 bits per heavy atom. The Hall–Kier alpha value is -2.56. The lowest BCUT2D eigenvalue weighted by molar-refractivity contribution is -0.117. The smallest absolute Gasteiger partial charge is 0.131 e. The Morgan fingerprint density at radius 3 is 2.77 bits per heavy atom. The van der Waals surface area contributed by atoms with Gasteiger partial charge in [0.1, 0.15) is 17.1 Å². The quantitative estimate of drug-likeness (QED) is 0.740. The summed E-state index contributed by atoms with van der Waals surface area (Å²) in [5, 5.41) is 4.28. The van der Waals surface area contributed by atoms with Gasteiger partial charge in [0.15, 0.2) is 0 Å². The van der Waals surface area contributed by atoms with Gasteiger partial charge in [-0.25, -0.2) is 4.39 Å². The van der Waals surface area contributed by atoms with Crippen molar-refractivity contribution in [3.05, 3.63) is 48.0 Å². The van der Waals surface area contributed by atoms with E-state index in [4.69, 9.17) is 0 Å². The van der Waals surface area contributed by atoms with Crippen LogP contribution in [0.5, 0.6) is 0 Å². The molecule has 22 heavy (non-hydrogen) atoms. The number of Topliss-reactive ketones (excluding diaryl/α,β-unsaturated/α-hetero) is 1. The minimum atomic E-state index is -0.218. The number of pyridine rings is 1. The van der Waals surface area contributed by atoms with Gasteiger partial charge in [0.25, 0.3) is 0 Å². The van der Waals surface area contributed by atoms with Crippen molar-refractivity contribution in [2.75, 3.05) is 0 Å². The van der Waals surface area contributed by atoms with Gasteiger partial charge in [0.2, 0.25) is 0 Å². The maximum absolute atomic E-state index is 13.4. The summed E-state index contributed by atoms with van der Waals surface area (Å²) >= 11 is 0. The van der Waals surface area contributed by atoms with Gasteiger partial charge in [0.05, 0.1) is 11.7 Å². The molecule has 2 aromatic heterocycles. The van der Waals surface area contributed by atoms with Gasteiger partial charge in [0, 0.05) is 24.7 Å². The lowest BCUT2D eigenvalue weighted by Gasteiger charge is -2.06. The van der Waals surface area contributed by atoms with Crippen LogP contribution in [0.1, 0.15) is 18.9 Å². The number of carbonyl (C=O) groups is 1. The first-order chi connectivity index (χ1) is 10.5. The predicted octanol–water partition coefficient (Wildman–Crippen LogP) is 3.52. The number of rotatable bonds is 4. The minimum absolute atomic E-state index is 0.127. The zero-order chi connectivity index (χ0) is 15.7. The molecular weight excluding hydrogens is 281 g/mol. The van der Waals surface area contributed by atoms with E-state index in [-0.39, 0.29) is 11.6 Å². The minimum Gasteiger partial charge on any atom is -0.300 e. The number of halogens is 1. The molecule has 2 heterocycles. The molecular formula is C17H16FN3O. The van der Waals surface area contributed by atoms with E-state index in [9.17, 15) is 9.18 Å². The Morgan fingerprint density at radius 2 is 2.05 bits per heavy atom. The Kier molecular flexibility index (Phi) is 3.71. The largest absolute Gasteiger partial charge is 0.300 e. The molecule has 0 unspecified atom stereocenters. The highest BCUT2D eigenvalue weighted by Crippen LogP contribution is 2.24. The Bertz CT molecular complexity index is 854. The molecule has 0 saturated heterocycles. The zero-order valence-electron chi connectivity index (χ0n) is 12.5. The Labute approximate surface area is 127 Å². The molecule has 0 spiro atoms. The zero-order valence-corrected chi connectivity index (χ0v) is 12.5. The van der Waals surface area contributed by atoms with Crippen LogP contribution >= 0.6 is 0 Å². The number of ketones is 1. The molecule has 0 aliphatic rings. The standard InChI is InChI=1S/C17H16FN3O/c1-11-7-13(3-4-15(11)18)14-8-17-16(19-9-14)10-20-21(17)6-5-12(2)22/h3-4,7-10H,5-6H2,1-2H3. The van der Waals surface area contributed by atoms with Crippen molar-refractivity contribution in [2.24, 2.45) is 0 Å². The van der Waals surface area contributed by atoms with Crippen LogP contribution in [0.4, 0.5) is 4.39 Å². The van der Waals surface area contributed by atoms with E-state index in [1.165, 1.54) is 6.07 Å². The molecule has 0 atom stereocenters. The lowest BCUT2D eigenvalue weighted by atomic mass is 10.0. The van der Waals surface area contributed by atoms with Crippen LogP contribution in [0, 0.1) is 12.7 Å². The molecule has 0 fully saturated rings. The average Bonchev–Trinajstić information content (AvgIpc) is 2.90. The average molecular weight is 297 g/mol. The summed E-state index contributed by atoms with van der Waals surface area (Å²) < 4.78 is 15.2. The summed E-state index contributed by atoms with van der Waals surface area (Å²) in [6.45, 7) is 3.84. The topological polar surface area (TPSA) is 47.8 Å². The molecule has 4 nitrogen and oxygen atoms in total. The van der Waals surface area contributed by atoms with Gasteiger partial charge >= 0.3 is 0 Å². The number of aromatic nitrogens is 3. The molecule has 0 saturated carbocycles. The fourth-order valence-corrected chi connectivity index (χ4v) is 2.38. The number of benzene rings is 1. The molecule has 0 bridgehead atoms. The van der Waals surface area contributed by atoms with Gasteiger partial charge in [-0.2, -0.15) is 5.10 Å². The van der Waals surface area contributed by atoms with E-state index in [1.54, 1.807) is 43.1 Å². The van der Waals surface area contributed by atoms with Crippen molar-refractivity contribution in [3.8, 4) is 11.1 Å². The number of hydrogen-bond acceptors (Lipinski definition) is 3. The number of nitrogens with zero attached hydrogens (tertiary/aromatic N) is 3. The third-order valence-electron chi connectivity index (χ3n) is 3.66. The number of hydrogen-bond donors (Lipinski definition) is 0. The van der Waals surface area contributed by atoms with Crippen LogP contribution in [0.15, 0.2) is 36.7 Å². The van der Waals surface area contributed by atoms with Crippen molar-refractivity contribution >= 4 is 16.8 Å². The second-order valence-electron chi connectivity index (χ2n) is 5.41. The van der Waals surface area contributed by atoms with Crippen molar-refractivity contribution in [2.45, 2.75) is 26.8 Å². The van der Waals surface area contributed by atoms with Gasteiger partial charge < -0.3 is 0 Å². The van der Waals surface area contributed by atoms with Crippen LogP contribution in [-0.2, 0) is 11.3 Å². The van der Waals surface area contributed by atoms with Crippen molar-refractivity contribution < 1.29 is 9.18 Å². The summed E-state index contributed by atoms with van der Waals surface area (Å²) in [6, 6.07) is 6.97. The third-order valence-corrected chi connectivity index (χ3v) is 3.66. The summed E-state index contributed by atoms with van der Waals surface area (Å²) in [4.78, 5) is 15.5. The summed E-state index contributed by atoms with van der Waals surface area (Å²) in [5.41, 5.74) is 4.07. The maximum atomic E-state index is 13.4. The first-order valence-electron chi connectivity index (χ1n) is 7.12. The van der Waals surface area contributed by atoms with Gasteiger partial charge in [-0.3, -0.25) is 14.5 Å². The first kappa shape index (κ1) is 14.4. The van der Waals surface area contributed by atoms with E-state index < -0.39 is 0 Å². The number of fused-ring (bicyclic) bond motifs is 1. The number of carbonyl (C=O) groups excluding carboxylic acids is 1. The molecule has 3 rings (SSSR count). The fourth-order valence-electron chi connectivity index (χ4n) is 2.38. The molecule has 1 aromatic carbocycles. The first-order valence-corrected chi connectivity index (χ1v) is 7.12. The van der Waals surface area contributed by atoms with E-state index in [1.807, 2.05) is 6.07 Å². The lowest BCUT2D eigenvalue weighted by Crippen LogP contribution is -2.04. The normalized spacial score (nSPS) is 11.0. The molecule has 0 aliphatic carbocycles. The summed E-state index contributed by atoms with van der Waals surface area (Å²) in [7, 11) is 0. The molecule has 3 aromatic rings. The van der Waals surface area contributed by atoms with Crippen molar-refractivity contribution in [1.29, 1.82) is 0 Å². The molecule has 0 radical (unpaired) electrons. The van der Waals surface area contributed by atoms with Crippen molar-refractivity contribution in [3.63, 3.8) is 0 Å². The predicted molar refractivity (Wildman–Crippen MR) is 83.0 cm³/mol. The van der Waals surface area contributed by atoms with E-state index in [2.05, 4.69) is 10.1 Å². The van der Waals surface area contributed by atoms with E-state index in [0.717, 1.165) is 22.2 Å². The molecule has 0 aliphatic heterocycles. The molecule has 0 N–H and O–H groups in total. The maximum Gasteiger partial charge on any atom is 0.131 e. The van der Waals surface area contributed by atoms with Gasteiger partial charge in [-0.1, -0.05) is 6.07 Å². The van der Waals surface area contributed by atoms with Crippen LogP contribution < -0.4 is 0 Å². The van der Waals surface area contributed by atoms with Crippen LogP contribution in [0.2, 0.25) is 0 Å². The molecule has 5 heteroatoms. The van der Waals surface area contributed by atoms with E-state index >= 15 is 0 Å². The SMILES string of the molecule is CC(=O)CCn1ncc2ncc(-c3ccc(F)c(C)c3)cc21. The fraction of sp³-hybridized carbons (Fsp3) is 0.235.